The standard InChI is InChI=1S/C12H14O3.C3H8.C2H6/c1-14-9-6-8-4-3-5-10(13)12(8)11(7-9)15-2;1-3-2;1-2/h6-7H,3-5H2,1-2H3;3H2,1-2H3;1-2H3. The zero-order chi connectivity index (χ0) is 15.5. The number of carbonyl (C=O) groups is 1. The number of carbonyl (C=O) groups excluding carboxylic acids is 1. The van der Waals surface area contributed by atoms with E-state index in [-0.39, 0.29) is 5.78 Å². The third-order valence-electron chi connectivity index (χ3n) is 2.74. The third kappa shape index (κ3) is 4.87. The van der Waals surface area contributed by atoms with Crippen LogP contribution in [-0.4, -0.2) is 20.0 Å². The normalized spacial score (nSPS) is 12.2. The highest BCUT2D eigenvalue weighted by molar-refractivity contribution is 6.01. The number of Topliss-reactive ketones (excluding diaryl/α,β-unsaturated/α-hetero) is 1. The lowest BCUT2D eigenvalue weighted by atomic mass is 9.90. The van der Waals surface area contributed by atoms with Gasteiger partial charge in [0.05, 0.1) is 19.8 Å². The molecule has 0 aromatic heterocycles. The Kier molecular flexibility index (Phi) is 9.52. The van der Waals surface area contributed by atoms with Crippen molar-refractivity contribution in [2.45, 2.75) is 53.4 Å². The maximum Gasteiger partial charge on any atom is 0.166 e. The fourth-order valence-electron chi connectivity index (χ4n) is 2.00. The molecule has 2 rings (SSSR count). The summed E-state index contributed by atoms with van der Waals surface area (Å²) in [5.74, 6) is 1.56. The molecule has 0 aliphatic heterocycles. The predicted octanol–water partition coefficient (Wildman–Crippen LogP) is 4.67. The summed E-state index contributed by atoms with van der Waals surface area (Å²) >= 11 is 0. The van der Waals surface area contributed by atoms with Crippen LogP contribution in [0, 0.1) is 0 Å². The molecule has 0 unspecified atom stereocenters. The van der Waals surface area contributed by atoms with Gasteiger partial charge in [-0.1, -0.05) is 34.1 Å². The number of rotatable bonds is 2. The molecule has 0 N–H and O–H groups in total. The molecule has 1 aromatic rings. The highest BCUT2D eigenvalue weighted by atomic mass is 16.5. The third-order valence-corrected chi connectivity index (χ3v) is 2.74. The highest BCUT2D eigenvalue weighted by Gasteiger charge is 2.22. The summed E-state index contributed by atoms with van der Waals surface area (Å²) in [6.45, 7) is 8.25. The van der Waals surface area contributed by atoms with Gasteiger partial charge in [-0.2, -0.15) is 0 Å². The van der Waals surface area contributed by atoms with E-state index in [2.05, 4.69) is 13.8 Å². The van der Waals surface area contributed by atoms with Crippen molar-refractivity contribution in [3.05, 3.63) is 23.3 Å². The average molecular weight is 280 g/mol. The summed E-state index contributed by atoms with van der Waals surface area (Å²) in [5.41, 5.74) is 1.78. The first kappa shape index (κ1) is 18.5. The second-order valence-corrected chi connectivity index (χ2v) is 4.35. The topological polar surface area (TPSA) is 35.5 Å². The van der Waals surface area contributed by atoms with Gasteiger partial charge in [0.15, 0.2) is 5.78 Å². The Balaban J connectivity index is 0.000000641. The van der Waals surface area contributed by atoms with Gasteiger partial charge < -0.3 is 9.47 Å². The molecule has 1 aliphatic rings. The minimum atomic E-state index is 0.177. The Bertz CT molecular complexity index is 394. The van der Waals surface area contributed by atoms with E-state index in [1.54, 1.807) is 20.3 Å². The number of methoxy groups -OCH3 is 2. The zero-order valence-electron chi connectivity index (χ0n) is 13.7. The largest absolute Gasteiger partial charge is 0.497 e. The van der Waals surface area contributed by atoms with Gasteiger partial charge in [0, 0.05) is 12.5 Å². The van der Waals surface area contributed by atoms with Gasteiger partial charge in [0.2, 0.25) is 0 Å². The van der Waals surface area contributed by atoms with Crippen molar-refractivity contribution in [2.24, 2.45) is 0 Å². The van der Waals surface area contributed by atoms with Crippen molar-refractivity contribution in [3.8, 4) is 11.5 Å². The molecule has 0 fully saturated rings. The summed E-state index contributed by atoms with van der Waals surface area (Å²) in [4.78, 5) is 11.7. The molecule has 1 aromatic carbocycles. The van der Waals surface area contributed by atoms with Crippen molar-refractivity contribution < 1.29 is 14.3 Å². The number of hydrogen-bond donors (Lipinski definition) is 0. The van der Waals surface area contributed by atoms with Crippen LogP contribution in [0.3, 0.4) is 0 Å². The number of benzene rings is 1. The van der Waals surface area contributed by atoms with Crippen LogP contribution in [0.1, 0.15) is 62.9 Å². The molecule has 0 amide bonds. The van der Waals surface area contributed by atoms with Crippen LogP contribution < -0.4 is 9.47 Å². The first-order valence-corrected chi connectivity index (χ1v) is 7.45. The lowest BCUT2D eigenvalue weighted by molar-refractivity contribution is 0.0969. The molecule has 114 valence electrons. The summed E-state index contributed by atoms with van der Waals surface area (Å²) < 4.78 is 10.4. The van der Waals surface area contributed by atoms with Crippen LogP contribution >= 0.6 is 0 Å². The van der Waals surface area contributed by atoms with Gasteiger partial charge in [-0.25, -0.2) is 0 Å². The van der Waals surface area contributed by atoms with Crippen LogP contribution in [0.25, 0.3) is 0 Å². The van der Waals surface area contributed by atoms with E-state index in [1.807, 2.05) is 19.9 Å². The van der Waals surface area contributed by atoms with Crippen LogP contribution in [-0.2, 0) is 6.42 Å². The molecule has 0 heterocycles. The molecule has 20 heavy (non-hydrogen) atoms. The number of ketones is 1. The smallest absolute Gasteiger partial charge is 0.166 e. The van der Waals surface area contributed by atoms with E-state index in [0.717, 1.165) is 29.7 Å². The quantitative estimate of drug-likeness (QED) is 0.790. The number of fused-ring (bicyclic) bond motifs is 1. The monoisotopic (exact) mass is 280 g/mol. The summed E-state index contributed by atoms with van der Waals surface area (Å²) in [6.07, 6.45) is 3.71. The second-order valence-electron chi connectivity index (χ2n) is 4.35. The van der Waals surface area contributed by atoms with E-state index in [4.69, 9.17) is 9.47 Å². The molecule has 0 bridgehead atoms. The maximum atomic E-state index is 11.7. The molecule has 3 heteroatoms. The first-order valence-electron chi connectivity index (χ1n) is 7.45. The Hall–Kier alpha value is -1.51. The predicted molar refractivity (Wildman–Crippen MR) is 84.1 cm³/mol. The van der Waals surface area contributed by atoms with E-state index in [9.17, 15) is 4.79 Å². The van der Waals surface area contributed by atoms with E-state index >= 15 is 0 Å². The lowest BCUT2D eigenvalue weighted by Crippen LogP contribution is -2.12. The Morgan fingerprint density at radius 3 is 2.15 bits per heavy atom. The maximum absolute atomic E-state index is 11.7. The minimum absolute atomic E-state index is 0.177. The van der Waals surface area contributed by atoms with Crippen LogP contribution in [0.5, 0.6) is 11.5 Å². The molecular formula is C17H28O3. The fourth-order valence-corrected chi connectivity index (χ4v) is 2.00. The Morgan fingerprint density at radius 1 is 1.05 bits per heavy atom. The molecule has 0 saturated carbocycles. The highest BCUT2D eigenvalue weighted by Crippen LogP contribution is 2.33. The number of hydrogen-bond acceptors (Lipinski definition) is 3. The van der Waals surface area contributed by atoms with Crippen molar-refractivity contribution in [1.29, 1.82) is 0 Å². The van der Waals surface area contributed by atoms with E-state index in [0.29, 0.717) is 12.2 Å². The molecule has 0 radical (unpaired) electrons. The summed E-state index contributed by atoms with van der Waals surface area (Å²) in [7, 11) is 3.20. The fraction of sp³-hybridized carbons (Fsp3) is 0.588. The SMILES string of the molecule is CC.CCC.COc1cc2c(c(OC)c1)C(=O)CCC2. The number of aryl methyl sites for hydroxylation is 1. The second kappa shape index (κ2) is 10.3. The van der Waals surface area contributed by atoms with Crippen LogP contribution in [0.2, 0.25) is 0 Å². The van der Waals surface area contributed by atoms with Crippen molar-refractivity contribution in [3.63, 3.8) is 0 Å². The van der Waals surface area contributed by atoms with Crippen molar-refractivity contribution >= 4 is 5.78 Å². The average Bonchev–Trinajstić information content (AvgIpc) is 2.49. The Morgan fingerprint density at radius 2 is 1.65 bits per heavy atom. The molecule has 0 atom stereocenters. The van der Waals surface area contributed by atoms with Crippen LogP contribution in [0.4, 0.5) is 0 Å². The van der Waals surface area contributed by atoms with Crippen molar-refractivity contribution in [2.75, 3.05) is 14.2 Å². The zero-order valence-corrected chi connectivity index (χ0v) is 13.7. The molecule has 0 spiro atoms. The summed E-state index contributed by atoms with van der Waals surface area (Å²) in [5, 5.41) is 0. The minimum Gasteiger partial charge on any atom is -0.497 e. The van der Waals surface area contributed by atoms with Crippen LogP contribution in [0.15, 0.2) is 12.1 Å². The van der Waals surface area contributed by atoms with Gasteiger partial charge in [0.1, 0.15) is 11.5 Å². The molecule has 1 aliphatic carbocycles. The van der Waals surface area contributed by atoms with E-state index < -0.39 is 0 Å². The summed E-state index contributed by atoms with van der Waals surface area (Å²) in [6, 6.07) is 3.69. The lowest BCUT2D eigenvalue weighted by Gasteiger charge is -2.18. The Labute approximate surface area is 123 Å². The molecule has 3 nitrogen and oxygen atoms in total. The van der Waals surface area contributed by atoms with Gasteiger partial charge in [-0.15, -0.1) is 0 Å². The van der Waals surface area contributed by atoms with Gasteiger partial charge in [-0.05, 0) is 24.5 Å². The first-order chi connectivity index (χ1) is 9.67. The van der Waals surface area contributed by atoms with Crippen molar-refractivity contribution in [1.82, 2.24) is 0 Å². The van der Waals surface area contributed by atoms with Gasteiger partial charge in [-0.3, -0.25) is 4.79 Å². The van der Waals surface area contributed by atoms with Gasteiger partial charge in [0.25, 0.3) is 0 Å². The number of ether oxygens (including phenoxy) is 2. The van der Waals surface area contributed by atoms with Gasteiger partial charge >= 0.3 is 0 Å². The van der Waals surface area contributed by atoms with E-state index in [1.165, 1.54) is 6.42 Å². The molecule has 0 saturated heterocycles. The molecular weight excluding hydrogens is 252 g/mol.